The maximum Gasteiger partial charge on any atom is 0.259 e. The van der Waals surface area contributed by atoms with Crippen LogP contribution in [-0.2, 0) is 0 Å². The lowest BCUT2D eigenvalue weighted by atomic mass is 10.0. The third-order valence-electron chi connectivity index (χ3n) is 4.30. The van der Waals surface area contributed by atoms with Gasteiger partial charge in [0.05, 0.1) is 0 Å². The van der Waals surface area contributed by atoms with E-state index >= 15 is 0 Å². The van der Waals surface area contributed by atoms with Crippen molar-refractivity contribution < 1.29 is 4.79 Å². The Kier molecular flexibility index (Phi) is 2.73. The standard InChI is InChI=1S/C14H18N2O2/c1-9-5-13(17)12(6-15-9)14(18)16-7-10-3-2-4-11(10)8-16/h5-6,10-11H,2-4,7-8H2,1H3,(H,15,17). The van der Waals surface area contributed by atoms with Gasteiger partial charge in [-0.1, -0.05) is 6.42 Å². The first-order valence-electron chi connectivity index (χ1n) is 6.64. The Labute approximate surface area is 106 Å². The Morgan fingerprint density at radius 2 is 2.00 bits per heavy atom. The number of aromatic nitrogens is 1. The highest BCUT2D eigenvalue weighted by Crippen LogP contribution is 2.37. The number of nitrogens with one attached hydrogen (secondary N) is 1. The zero-order chi connectivity index (χ0) is 12.7. The van der Waals surface area contributed by atoms with E-state index < -0.39 is 0 Å². The molecule has 2 aliphatic rings. The molecule has 0 spiro atoms. The largest absolute Gasteiger partial charge is 0.364 e. The number of amides is 1. The highest BCUT2D eigenvalue weighted by atomic mass is 16.2. The number of aryl methyl sites for hydroxylation is 1. The molecule has 2 atom stereocenters. The smallest absolute Gasteiger partial charge is 0.259 e. The number of carbonyl (C=O) groups excluding carboxylic acids is 1. The van der Waals surface area contributed by atoms with Crippen LogP contribution < -0.4 is 5.43 Å². The SMILES string of the molecule is Cc1cc(=O)c(C(=O)N2CC3CCCC3C2)c[nH]1. The van der Waals surface area contributed by atoms with Gasteiger partial charge >= 0.3 is 0 Å². The zero-order valence-electron chi connectivity index (χ0n) is 10.6. The van der Waals surface area contributed by atoms with E-state index in [2.05, 4.69) is 4.98 Å². The summed E-state index contributed by atoms with van der Waals surface area (Å²) in [6.45, 7) is 3.48. The molecule has 0 radical (unpaired) electrons. The van der Waals surface area contributed by atoms with Crippen LogP contribution in [0, 0.1) is 18.8 Å². The highest BCUT2D eigenvalue weighted by molar-refractivity contribution is 5.94. The molecule has 0 bridgehead atoms. The minimum Gasteiger partial charge on any atom is -0.364 e. The predicted octanol–water partition coefficient (Wildman–Crippen LogP) is 1.56. The lowest BCUT2D eigenvalue weighted by Gasteiger charge is -2.16. The second-order valence-corrected chi connectivity index (χ2v) is 5.56. The summed E-state index contributed by atoms with van der Waals surface area (Å²) >= 11 is 0. The van der Waals surface area contributed by atoms with Crippen LogP contribution in [0.2, 0.25) is 0 Å². The maximum atomic E-state index is 12.3. The fourth-order valence-electron chi connectivity index (χ4n) is 3.31. The summed E-state index contributed by atoms with van der Waals surface area (Å²) < 4.78 is 0. The number of fused-ring (bicyclic) bond motifs is 1. The van der Waals surface area contributed by atoms with Gasteiger partial charge in [-0.3, -0.25) is 9.59 Å². The monoisotopic (exact) mass is 246 g/mol. The Morgan fingerprint density at radius 1 is 1.33 bits per heavy atom. The third kappa shape index (κ3) is 1.85. The van der Waals surface area contributed by atoms with Crippen molar-refractivity contribution in [3.8, 4) is 0 Å². The van der Waals surface area contributed by atoms with Crippen LogP contribution in [0.4, 0.5) is 0 Å². The first-order chi connectivity index (χ1) is 8.65. The minimum atomic E-state index is -0.173. The number of aromatic amines is 1. The van der Waals surface area contributed by atoms with Gasteiger partial charge in [0.25, 0.3) is 5.91 Å². The van der Waals surface area contributed by atoms with Crippen LogP contribution in [0.25, 0.3) is 0 Å². The second kappa shape index (κ2) is 4.26. The molecule has 1 saturated carbocycles. The summed E-state index contributed by atoms with van der Waals surface area (Å²) in [4.78, 5) is 28.9. The third-order valence-corrected chi connectivity index (χ3v) is 4.30. The van der Waals surface area contributed by atoms with E-state index in [4.69, 9.17) is 0 Å². The summed E-state index contributed by atoms with van der Waals surface area (Å²) in [7, 11) is 0. The van der Waals surface area contributed by atoms with Crippen molar-refractivity contribution in [2.45, 2.75) is 26.2 Å². The van der Waals surface area contributed by atoms with E-state index in [1.807, 2.05) is 11.8 Å². The van der Waals surface area contributed by atoms with Crippen molar-refractivity contribution in [3.05, 3.63) is 33.7 Å². The van der Waals surface area contributed by atoms with E-state index in [-0.39, 0.29) is 16.9 Å². The molecule has 4 heteroatoms. The minimum absolute atomic E-state index is 0.106. The maximum absolute atomic E-state index is 12.3. The summed E-state index contributed by atoms with van der Waals surface area (Å²) in [6, 6.07) is 1.49. The van der Waals surface area contributed by atoms with Gasteiger partial charge in [0.2, 0.25) is 0 Å². The summed E-state index contributed by atoms with van der Waals surface area (Å²) in [5, 5.41) is 0. The molecule has 1 aliphatic heterocycles. The average molecular weight is 246 g/mol. The second-order valence-electron chi connectivity index (χ2n) is 5.56. The van der Waals surface area contributed by atoms with Crippen molar-refractivity contribution in [3.63, 3.8) is 0 Å². The van der Waals surface area contributed by atoms with Crippen LogP contribution in [-0.4, -0.2) is 28.9 Å². The Hall–Kier alpha value is -1.58. The Morgan fingerprint density at radius 3 is 2.61 bits per heavy atom. The number of pyridine rings is 1. The summed E-state index contributed by atoms with van der Waals surface area (Å²) in [6.07, 6.45) is 5.31. The molecule has 3 rings (SSSR count). The first-order valence-corrected chi connectivity index (χ1v) is 6.64. The van der Waals surface area contributed by atoms with Crippen LogP contribution in [0.3, 0.4) is 0 Å². The van der Waals surface area contributed by atoms with Gasteiger partial charge in [0, 0.05) is 31.0 Å². The van der Waals surface area contributed by atoms with Crippen LogP contribution >= 0.6 is 0 Å². The van der Waals surface area contributed by atoms with E-state index in [0.717, 1.165) is 18.8 Å². The average Bonchev–Trinajstić information content (AvgIpc) is 2.87. The van der Waals surface area contributed by atoms with Gasteiger partial charge in [-0.05, 0) is 31.6 Å². The fraction of sp³-hybridized carbons (Fsp3) is 0.571. The molecule has 0 aromatic carbocycles. The van der Waals surface area contributed by atoms with Gasteiger partial charge in [0.15, 0.2) is 5.43 Å². The Balaban J connectivity index is 1.81. The molecule has 1 N–H and O–H groups in total. The topological polar surface area (TPSA) is 53.2 Å². The zero-order valence-corrected chi connectivity index (χ0v) is 10.6. The highest BCUT2D eigenvalue weighted by Gasteiger charge is 2.38. The summed E-state index contributed by atoms with van der Waals surface area (Å²) in [5.41, 5.74) is 0.892. The van der Waals surface area contributed by atoms with Crippen molar-refractivity contribution in [2.75, 3.05) is 13.1 Å². The molecule has 1 aliphatic carbocycles. The number of nitrogens with zero attached hydrogens (tertiary/aromatic N) is 1. The van der Waals surface area contributed by atoms with Gasteiger partial charge in [-0.25, -0.2) is 0 Å². The van der Waals surface area contributed by atoms with Crippen molar-refractivity contribution in [2.24, 2.45) is 11.8 Å². The molecule has 2 unspecified atom stereocenters. The van der Waals surface area contributed by atoms with E-state index in [9.17, 15) is 9.59 Å². The molecule has 18 heavy (non-hydrogen) atoms. The van der Waals surface area contributed by atoms with Crippen LogP contribution in [0.1, 0.15) is 35.3 Å². The quantitative estimate of drug-likeness (QED) is 0.817. The van der Waals surface area contributed by atoms with Gasteiger partial charge < -0.3 is 9.88 Å². The van der Waals surface area contributed by atoms with E-state index in [1.165, 1.54) is 25.3 Å². The van der Waals surface area contributed by atoms with Crippen molar-refractivity contribution in [1.29, 1.82) is 0 Å². The van der Waals surface area contributed by atoms with Crippen molar-refractivity contribution >= 4 is 5.91 Å². The molecule has 1 aromatic heterocycles. The fourth-order valence-corrected chi connectivity index (χ4v) is 3.31. The molecule has 2 heterocycles. The molecule has 4 nitrogen and oxygen atoms in total. The molecule has 2 fully saturated rings. The van der Waals surface area contributed by atoms with Gasteiger partial charge in [-0.15, -0.1) is 0 Å². The van der Waals surface area contributed by atoms with E-state index in [0.29, 0.717) is 11.8 Å². The molecule has 1 aromatic rings. The van der Waals surface area contributed by atoms with Gasteiger partial charge in [-0.2, -0.15) is 0 Å². The Bertz CT molecular complexity index is 523. The number of rotatable bonds is 1. The van der Waals surface area contributed by atoms with Crippen LogP contribution in [0.15, 0.2) is 17.1 Å². The molecule has 1 amide bonds. The number of hydrogen-bond donors (Lipinski definition) is 1. The molecule has 96 valence electrons. The normalized spacial score (nSPS) is 26.4. The number of likely N-dealkylation sites (tertiary alicyclic amines) is 1. The number of carbonyl (C=O) groups is 1. The first kappa shape index (κ1) is 11.5. The molecule has 1 saturated heterocycles. The van der Waals surface area contributed by atoms with Crippen LogP contribution in [0.5, 0.6) is 0 Å². The predicted molar refractivity (Wildman–Crippen MR) is 68.5 cm³/mol. The lowest BCUT2D eigenvalue weighted by molar-refractivity contribution is 0.0779. The lowest BCUT2D eigenvalue weighted by Crippen LogP contribution is -2.33. The molecular weight excluding hydrogens is 228 g/mol. The van der Waals surface area contributed by atoms with E-state index in [1.54, 1.807) is 6.20 Å². The molecular formula is C14H18N2O2. The van der Waals surface area contributed by atoms with Crippen molar-refractivity contribution in [1.82, 2.24) is 9.88 Å². The summed E-state index contributed by atoms with van der Waals surface area (Å²) in [5.74, 6) is 1.22. The number of H-pyrrole nitrogens is 1. The van der Waals surface area contributed by atoms with Gasteiger partial charge in [0.1, 0.15) is 5.56 Å². The number of hydrogen-bond acceptors (Lipinski definition) is 2.